The molecule has 4 aromatic rings. The summed E-state index contributed by atoms with van der Waals surface area (Å²) in [5.74, 6) is -1.34. The van der Waals surface area contributed by atoms with Crippen LogP contribution in [0.15, 0.2) is 97.1 Å². The lowest BCUT2D eigenvalue weighted by Gasteiger charge is -2.16. The first kappa shape index (κ1) is 23.7. The molecular formula is C29H26N2O4. The fraction of sp³-hybridized carbons (Fsp3) is 0.138. The smallest absolute Gasteiger partial charge is 0.310 e. The number of amides is 2. The lowest BCUT2D eigenvalue weighted by molar-refractivity contribution is -0.146. The average Bonchev–Trinajstić information content (AvgIpc) is 2.88. The Bertz CT molecular complexity index is 1350. The molecule has 0 bridgehead atoms. The summed E-state index contributed by atoms with van der Waals surface area (Å²) in [4.78, 5) is 37.7. The third-order valence-corrected chi connectivity index (χ3v) is 5.67. The maximum Gasteiger partial charge on any atom is 0.310 e. The molecule has 35 heavy (non-hydrogen) atoms. The first-order valence-corrected chi connectivity index (χ1v) is 11.4. The lowest BCUT2D eigenvalue weighted by Crippen LogP contribution is -2.28. The Labute approximate surface area is 203 Å². The molecular weight excluding hydrogens is 440 g/mol. The predicted octanol–water partition coefficient (Wildman–Crippen LogP) is 5.06. The summed E-state index contributed by atoms with van der Waals surface area (Å²) in [7, 11) is 0. The van der Waals surface area contributed by atoms with Crippen molar-refractivity contribution in [3.63, 3.8) is 0 Å². The van der Waals surface area contributed by atoms with E-state index in [2.05, 4.69) is 10.6 Å². The summed E-state index contributed by atoms with van der Waals surface area (Å²) in [6, 6.07) is 29.6. The van der Waals surface area contributed by atoms with E-state index in [0.717, 1.165) is 21.9 Å². The quantitative estimate of drug-likeness (QED) is 0.356. The minimum absolute atomic E-state index is 0.0605. The van der Waals surface area contributed by atoms with Gasteiger partial charge in [0.25, 0.3) is 11.8 Å². The highest BCUT2D eigenvalue weighted by Crippen LogP contribution is 2.20. The van der Waals surface area contributed by atoms with E-state index < -0.39 is 18.5 Å². The number of para-hydroxylation sites is 1. The fourth-order valence-electron chi connectivity index (χ4n) is 3.88. The molecule has 1 unspecified atom stereocenters. The van der Waals surface area contributed by atoms with Crippen molar-refractivity contribution in [2.75, 3.05) is 11.9 Å². The summed E-state index contributed by atoms with van der Waals surface area (Å²) < 4.78 is 5.20. The van der Waals surface area contributed by atoms with Gasteiger partial charge in [0.2, 0.25) is 0 Å². The summed E-state index contributed by atoms with van der Waals surface area (Å²) in [5.41, 5.74) is 2.48. The van der Waals surface area contributed by atoms with Gasteiger partial charge >= 0.3 is 5.97 Å². The Morgan fingerprint density at radius 3 is 2.31 bits per heavy atom. The van der Waals surface area contributed by atoms with E-state index in [1.165, 1.54) is 0 Å². The van der Waals surface area contributed by atoms with Crippen LogP contribution in [0.1, 0.15) is 34.5 Å². The number of nitrogens with one attached hydrogen (secondary N) is 2. The van der Waals surface area contributed by atoms with Gasteiger partial charge in [0.15, 0.2) is 6.61 Å². The van der Waals surface area contributed by atoms with Crippen molar-refractivity contribution < 1.29 is 19.1 Å². The zero-order valence-electron chi connectivity index (χ0n) is 19.4. The molecule has 2 amide bonds. The summed E-state index contributed by atoms with van der Waals surface area (Å²) in [6.45, 7) is 1.45. The zero-order chi connectivity index (χ0) is 24.6. The molecule has 0 aliphatic heterocycles. The number of fused-ring (bicyclic) bond motifs is 1. The molecule has 0 fully saturated rings. The molecule has 6 heteroatoms. The molecule has 0 spiro atoms. The number of benzene rings is 4. The van der Waals surface area contributed by atoms with Gasteiger partial charge in [0, 0.05) is 0 Å². The second-order valence-corrected chi connectivity index (χ2v) is 8.18. The van der Waals surface area contributed by atoms with Gasteiger partial charge in [-0.1, -0.05) is 84.9 Å². The molecule has 4 aromatic carbocycles. The van der Waals surface area contributed by atoms with E-state index in [1.54, 1.807) is 24.3 Å². The van der Waals surface area contributed by atoms with Crippen molar-refractivity contribution in [1.29, 1.82) is 0 Å². The number of hydrogen-bond acceptors (Lipinski definition) is 4. The van der Waals surface area contributed by atoms with E-state index in [0.29, 0.717) is 11.3 Å². The highest BCUT2D eigenvalue weighted by atomic mass is 16.5. The van der Waals surface area contributed by atoms with Crippen LogP contribution in [0.3, 0.4) is 0 Å². The highest BCUT2D eigenvalue weighted by Gasteiger charge is 2.17. The topological polar surface area (TPSA) is 84.5 Å². The van der Waals surface area contributed by atoms with Gasteiger partial charge < -0.3 is 15.4 Å². The molecule has 0 saturated carbocycles. The Morgan fingerprint density at radius 1 is 0.800 bits per heavy atom. The molecule has 4 rings (SSSR count). The van der Waals surface area contributed by atoms with Crippen LogP contribution in [-0.4, -0.2) is 24.4 Å². The summed E-state index contributed by atoms with van der Waals surface area (Å²) >= 11 is 0. The molecule has 0 aromatic heterocycles. The number of hydrogen-bond donors (Lipinski definition) is 2. The molecule has 0 heterocycles. The molecule has 1 atom stereocenters. The van der Waals surface area contributed by atoms with Crippen LogP contribution in [0.2, 0.25) is 0 Å². The van der Waals surface area contributed by atoms with Crippen LogP contribution in [0, 0.1) is 0 Å². The monoisotopic (exact) mass is 466 g/mol. The largest absolute Gasteiger partial charge is 0.455 e. The van der Waals surface area contributed by atoms with Crippen LogP contribution in [0.4, 0.5) is 5.69 Å². The van der Waals surface area contributed by atoms with Gasteiger partial charge in [-0.15, -0.1) is 0 Å². The lowest BCUT2D eigenvalue weighted by atomic mass is 10.0. The number of esters is 1. The van der Waals surface area contributed by atoms with Gasteiger partial charge in [0.05, 0.1) is 23.7 Å². The maximum absolute atomic E-state index is 12.9. The second kappa shape index (κ2) is 11.1. The van der Waals surface area contributed by atoms with Crippen LogP contribution >= 0.6 is 0 Å². The van der Waals surface area contributed by atoms with Crippen molar-refractivity contribution in [3.05, 3.63) is 114 Å². The van der Waals surface area contributed by atoms with Gasteiger partial charge in [-0.3, -0.25) is 14.4 Å². The SMILES string of the molecule is CC(NC(=O)c1ccccc1NC(=O)COC(=O)Cc1cccc2ccccc12)c1ccccc1. The van der Waals surface area contributed by atoms with Crippen LogP contribution in [0.5, 0.6) is 0 Å². The number of carbonyl (C=O) groups excluding carboxylic acids is 3. The van der Waals surface area contributed by atoms with Crippen LogP contribution in [0.25, 0.3) is 10.8 Å². The van der Waals surface area contributed by atoms with Gasteiger partial charge in [-0.25, -0.2) is 0 Å². The maximum atomic E-state index is 12.9. The molecule has 2 N–H and O–H groups in total. The standard InChI is InChI=1S/C29H26N2O4/c1-20(21-10-3-2-4-11-21)30-29(34)25-16-7-8-17-26(25)31-27(32)19-35-28(33)18-23-14-9-13-22-12-5-6-15-24(22)23/h2-17,20H,18-19H2,1H3,(H,30,34)(H,31,32). The molecule has 6 nitrogen and oxygen atoms in total. The van der Waals surface area contributed by atoms with E-state index in [-0.39, 0.29) is 18.4 Å². The number of anilines is 1. The Kier molecular flexibility index (Phi) is 7.53. The first-order chi connectivity index (χ1) is 17.0. The number of carbonyl (C=O) groups is 3. The second-order valence-electron chi connectivity index (χ2n) is 8.18. The number of rotatable bonds is 8. The summed E-state index contributed by atoms with van der Waals surface area (Å²) in [6.07, 6.45) is 0.0605. The highest BCUT2D eigenvalue weighted by molar-refractivity contribution is 6.04. The molecule has 0 aliphatic carbocycles. The fourth-order valence-corrected chi connectivity index (χ4v) is 3.88. The van der Waals surface area contributed by atoms with Crippen molar-refractivity contribution in [1.82, 2.24) is 5.32 Å². The minimum Gasteiger partial charge on any atom is -0.455 e. The molecule has 0 aliphatic rings. The normalized spacial score (nSPS) is 11.5. The third-order valence-electron chi connectivity index (χ3n) is 5.67. The Morgan fingerprint density at radius 2 is 1.49 bits per heavy atom. The number of ether oxygens (including phenoxy) is 1. The van der Waals surface area contributed by atoms with Crippen LogP contribution in [-0.2, 0) is 20.7 Å². The Hall–Kier alpha value is -4.45. The molecule has 176 valence electrons. The van der Waals surface area contributed by atoms with E-state index in [1.807, 2.05) is 79.7 Å². The van der Waals surface area contributed by atoms with E-state index in [9.17, 15) is 14.4 Å². The van der Waals surface area contributed by atoms with Gasteiger partial charge in [-0.05, 0) is 41.0 Å². The minimum atomic E-state index is -0.521. The van der Waals surface area contributed by atoms with Gasteiger partial charge in [0.1, 0.15) is 0 Å². The zero-order valence-corrected chi connectivity index (χ0v) is 19.4. The van der Waals surface area contributed by atoms with Crippen molar-refractivity contribution >= 4 is 34.2 Å². The average molecular weight is 467 g/mol. The van der Waals surface area contributed by atoms with Crippen molar-refractivity contribution in [2.45, 2.75) is 19.4 Å². The van der Waals surface area contributed by atoms with Crippen LogP contribution < -0.4 is 10.6 Å². The molecule has 0 saturated heterocycles. The first-order valence-electron chi connectivity index (χ1n) is 11.4. The van der Waals surface area contributed by atoms with E-state index in [4.69, 9.17) is 4.74 Å². The van der Waals surface area contributed by atoms with Crippen molar-refractivity contribution in [2.24, 2.45) is 0 Å². The molecule has 0 radical (unpaired) electrons. The Balaban J connectivity index is 1.34. The predicted molar refractivity (Wildman–Crippen MR) is 136 cm³/mol. The third kappa shape index (κ3) is 6.12. The summed E-state index contributed by atoms with van der Waals surface area (Å²) in [5, 5.41) is 7.63. The van der Waals surface area contributed by atoms with Crippen molar-refractivity contribution in [3.8, 4) is 0 Å². The van der Waals surface area contributed by atoms with E-state index >= 15 is 0 Å². The van der Waals surface area contributed by atoms with Gasteiger partial charge in [-0.2, -0.15) is 0 Å².